The van der Waals surface area contributed by atoms with E-state index in [1.807, 2.05) is 6.07 Å². The van der Waals surface area contributed by atoms with Gasteiger partial charge in [0.1, 0.15) is 5.82 Å². The van der Waals surface area contributed by atoms with E-state index in [0.717, 1.165) is 17.7 Å². The third-order valence-corrected chi connectivity index (χ3v) is 4.82. The van der Waals surface area contributed by atoms with Gasteiger partial charge in [0.25, 0.3) is 5.91 Å². The highest BCUT2D eigenvalue weighted by Crippen LogP contribution is 2.30. The highest BCUT2D eigenvalue weighted by atomic mass is 32.2. The Balaban J connectivity index is 1.70. The number of pyridine rings is 1. The molecule has 1 heterocycles. The molecule has 1 aliphatic carbocycles. The van der Waals surface area contributed by atoms with Crippen molar-refractivity contribution >= 4 is 41.0 Å². The fourth-order valence-corrected chi connectivity index (χ4v) is 3.00. The Morgan fingerprint density at radius 2 is 1.92 bits per heavy atom. The van der Waals surface area contributed by atoms with Gasteiger partial charge in [-0.15, -0.1) is 11.8 Å². The zero-order chi connectivity index (χ0) is 18.5. The summed E-state index contributed by atoms with van der Waals surface area (Å²) in [5, 5.41) is 5.54. The van der Waals surface area contributed by atoms with Gasteiger partial charge in [-0.05, 0) is 37.1 Å². The van der Waals surface area contributed by atoms with E-state index >= 15 is 0 Å². The van der Waals surface area contributed by atoms with Crippen LogP contribution in [-0.2, 0) is 9.59 Å². The molecule has 2 aromatic rings. The molecule has 0 saturated heterocycles. The topological polar surface area (TPSA) is 114 Å². The number of hydrogen-bond donors (Lipinski definition) is 3. The molecule has 3 rings (SSSR count). The van der Waals surface area contributed by atoms with Gasteiger partial charge in [-0.1, -0.05) is 12.1 Å². The molecule has 26 heavy (non-hydrogen) atoms. The summed E-state index contributed by atoms with van der Waals surface area (Å²) < 4.78 is 0. The Labute approximate surface area is 154 Å². The molecule has 4 N–H and O–H groups in total. The number of nitrogens with one attached hydrogen (secondary N) is 2. The van der Waals surface area contributed by atoms with Crippen LogP contribution < -0.4 is 16.4 Å². The van der Waals surface area contributed by atoms with Crippen LogP contribution in [0.15, 0.2) is 47.5 Å². The van der Waals surface area contributed by atoms with E-state index in [1.54, 1.807) is 24.3 Å². The Hall–Kier alpha value is -2.87. The molecule has 1 fully saturated rings. The molecule has 0 bridgehead atoms. The number of rotatable bonds is 7. The van der Waals surface area contributed by atoms with E-state index < -0.39 is 5.91 Å². The second-order valence-electron chi connectivity index (χ2n) is 5.90. The number of anilines is 2. The van der Waals surface area contributed by atoms with E-state index in [4.69, 9.17) is 5.73 Å². The summed E-state index contributed by atoms with van der Waals surface area (Å²) in [6, 6.07) is 10.3. The zero-order valence-corrected chi connectivity index (χ0v) is 14.7. The van der Waals surface area contributed by atoms with Crippen LogP contribution in [0.4, 0.5) is 11.5 Å². The lowest BCUT2D eigenvalue weighted by Crippen LogP contribution is -2.17. The van der Waals surface area contributed by atoms with Gasteiger partial charge in [0.05, 0.1) is 11.4 Å². The average Bonchev–Trinajstić information content (AvgIpc) is 3.46. The Kier molecular flexibility index (Phi) is 5.52. The number of hydrogen-bond acceptors (Lipinski definition) is 5. The van der Waals surface area contributed by atoms with Crippen molar-refractivity contribution in [2.24, 2.45) is 11.7 Å². The SMILES string of the molecule is NC(=O)CSc1ccccc1NC(=O)c1ccnc(NC(=O)C2CC2)c1. The van der Waals surface area contributed by atoms with Gasteiger partial charge in [-0.25, -0.2) is 4.98 Å². The molecule has 1 aromatic heterocycles. The maximum atomic E-state index is 12.5. The smallest absolute Gasteiger partial charge is 0.255 e. The van der Waals surface area contributed by atoms with Gasteiger partial charge in [0.2, 0.25) is 11.8 Å². The van der Waals surface area contributed by atoms with E-state index in [2.05, 4.69) is 15.6 Å². The summed E-state index contributed by atoms with van der Waals surface area (Å²) in [4.78, 5) is 40.2. The Morgan fingerprint density at radius 1 is 1.15 bits per heavy atom. The summed E-state index contributed by atoms with van der Waals surface area (Å²) in [5.74, 6) is -0.292. The third kappa shape index (κ3) is 4.82. The van der Waals surface area contributed by atoms with Gasteiger partial charge < -0.3 is 16.4 Å². The van der Waals surface area contributed by atoms with Crippen molar-refractivity contribution in [2.75, 3.05) is 16.4 Å². The van der Waals surface area contributed by atoms with Crippen LogP contribution >= 0.6 is 11.8 Å². The molecule has 0 aliphatic heterocycles. The molecule has 0 atom stereocenters. The number of nitrogens with zero attached hydrogens (tertiary/aromatic N) is 1. The van der Waals surface area contributed by atoms with Crippen molar-refractivity contribution in [3.05, 3.63) is 48.2 Å². The largest absolute Gasteiger partial charge is 0.369 e. The first-order valence-electron chi connectivity index (χ1n) is 8.11. The molecule has 8 heteroatoms. The van der Waals surface area contributed by atoms with E-state index in [-0.39, 0.29) is 23.5 Å². The number of thioether (sulfide) groups is 1. The molecular weight excluding hydrogens is 352 g/mol. The van der Waals surface area contributed by atoms with Crippen LogP contribution in [-0.4, -0.2) is 28.5 Å². The quantitative estimate of drug-likeness (QED) is 0.647. The van der Waals surface area contributed by atoms with Crippen molar-refractivity contribution in [3.8, 4) is 0 Å². The maximum absolute atomic E-state index is 12.5. The molecule has 0 spiro atoms. The number of nitrogens with two attached hydrogens (primary N) is 1. The highest BCUT2D eigenvalue weighted by Gasteiger charge is 2.29. The molecule has 1 aromatic carbocycles. The Morgan fingerprint density at radius 3 is 2.65 bits per heavy atom. The number of carbonyl (C=O) groups excluding carboxylic acids is 3. The summed E-state index contributed by atoms with van der Waals surface area (Å²) in [6.45, 7) is 0. The zero-order valence-electron chi connectivity index (χ0n) is 13.9. The highest BCUT2D eigenvalue weighted by molar-refractivity contribution is 8.00. The normalized spacial score (nSPS) is 13.1. The lowest BCUT2D eigenvalue weighted by atomic mass is 10.2. The molecule has 0 radical (unpaired) electrons. The summed E-state index contributed by atoms with van der Waals surface area (Å²) >= 11 is 1.26. The number of para-hydroxylation sites is 1. The number of aromatic nitrogens is 1. The number of primary amides is 1. The fourth-order valence-electron chi connectivity index (χ4n) is 2.25. The number of benzene rings is 1. The molecule has 1 aliphatic rings. The van der Waals surface area contributed by atoms with E-state index in [9.17, 15) is 14.4 Å². The fraction of sp³-hybridized carbons (Fsp3) is 0.222. The monoisotopic (exact) mass is 370 g/mol. The van der Waals surface area contributed by atoms with Gasteiger partial charge in [-0.3, -0.25) is 14.4 Å². The van der Waals surface area contributed by atoms with Crippen LogP contribution in [0.5, 0.6) is 0 Å². The predicted octanol–water partition coefficient (Wildman–Crippen LogP) is 2.26. The van der Waals surface area contributed by atoms with Gasteiger partial charge in [0, 0.05) is 22.6 Å². The Bertz CT molecular complexity index is 852. The minimum absolute atomic E-state index is 0.0587. The van der Waals surface area contributed by atoms with Crippen molar-refractivity contribution in [3.63, 3.8) is 0 Å². The van der Waals surface area contributed by atoms with E-state index in [1.165, 1.54) is 24.0 Å². The summed E-state index contributed by atoms with van der Waals surface area (Å²) in [5.41, 5.74) is 6.14. The van der Waals surface area contributed by atoms with Gasteiger partial charge >= 0.3 is 0 Å². The first kappa shape index (κ1) is 17.9. The lowest BCUT2D eigenvalue weighted by molar-refractivity contribution is -0.117. The molecule has 1 saturated carbocycles. The predicted molar refractivity (Wildman–Crippen MR) is 99.9 cm³/mol. The maximum Gasteiger partial charge on any atom is 0.255 e. The van der Waals surface area contributed by atoms with Crippen molar-refractivity contribution in [1.29, 1.82) is 0 Å². The van der Waals surface area contributed by atoms with Crippen molar-refractivity contribution in [1.82, 2.24) is 4.98 Å². The first-order chi connectivity index (χ1) is 12.5. The first-order valence-corrected chi connectivity index (χ1v) is 9.10. The number of amides is 3. The van der Waals surface area contributed by atoms with Crippen molar-refractivity contribution < 1.29 is 14.4 Å². The van der Waals surface area contributed by atoms with Gasteiger partial charge in [0.15, 0.2) is 0 Å². The van der Waals surface area contributed by atoms with Crippen molar-refractivity contribution in [2.45, 2.75) is 17.7 Å². The molecule has 0 unspecified atom stereocenters. The third-order valence-electron chi connectivity index (χ3n) is 3.73. The molecule has 3 amide bonds. The van der Waals surface area contributed by atoms with Crippen LogP contribution in [0.1, 0.15) is 23.2 Å². The minimum Gasteiger partial charge on any atom is -0.369 e. The van der Waals surface area contributed by atoms with E-state index in [0.29, 0.717) is 17.1 Å². The molecular formula is C18H18N4O3S. The lowest BCUT2D eigenvalue weighted by Gasteiger charge is -2.11. The minimum atomic E-state index is -0.429. The average molecular weight is 370 g/mol. The molecule has 7 nitrogen and oxygen atoms in total. The molecule has 134 valence electrons. The van der Waals surface area contributed by atoms with Crippen LogP contribution in [0.25, 0.3) is 0 Å². The summed E-state index contributed by atoms with van der Waals surface area (Å²) in [6.07, 6.45) is 3.27. The van der Waals surface area contributed by atoms with Gasteiger partial charge in [-0.2, -0.15) is 0 Å². The second kappa shape index (κ2) is 8.01. The number of carbonyl (C=O) groups is 3. The van der Waals surface area contributed by atoms with Crippen LogP contribution in [0.3, 0.4) is 0 Å². The summed E-state index contributed by atoms with van der Waals surface area (Å²) in [7, 11) is 0. The van der Waals surface area contributed by atoms with Crippen LogP contribution in [0.2, 0.25) is 0 Å². The standard InChI is InChI=1S/C18H18N4O3S/c19-15(23)10-26-14-4-2-1-3-13(14)21-18(25)12-7-8-20-16(9-12)22-17(24)11-5-6-11/h1-4,7-9,11H,5-6,10H2,(H2,19,23)(H,21,25)(H,20,22,24). The van der Waals surface area contributed by atoms with Crippen LogP contribution in [0, 0.1) is 5.92 Å². The second-order valence-corrected chi connectivity index (χ2v) is 6.92.